The van der Waals surface area contributed by atoms with Crippen molar-refractivity contribution in [3.05, 3.63) is 41.5 Å². The molecule has 7 nitrogen and oxygen atoms in total. The Morgan fingerprint density at radius 1 is 1.13 bits per heavy atom. The molecule has 2 aromatic rings. The largest absolute Gasteiger partial charge is 0.493 e. The van der Waals surface area contributed by atoms with Gasteiger partial charge >= 0.3 is 5.97 Å². The molecule has 7 heteroatoms. The molecule has 0 radical (unpaired) electrons. The number of methoxy groups -OCH3 is 2. The highest BCUT2D eigenvalue weighted by atomic mass is 16.5. The number of rotatable bonds is 8. The molecule has 1 fully saturated rings. The molecule has 2 aliphatic rings. The van der Waals surface area contributed by atoms with E-state index in [2.05, 4.69) is 5.32 Å². The third-order valence-electron chi connectivity index (χ3n) is 6.06. The van der Waals surface area contributed by atoms with Crippen LogP contribution in [-0.4, -0.2) is 37.3 Å². The van der Waals surface area contributed by atoms with Gasteiger partial charge in [-0.15, -0.1) is 0 Å². The molecule has 1 saturated carbocycles. The Morgan fingerprint density at radius 3 is 2.47 bits per heavy atom. The highest BCUT2D eigenvalue weighted by molar-refractivity contribution is 5.99. The first kappa shape index (κ1) is 20.1. The van der Waals surface area contributed by atoms with Crippen LogP contribution >= 0.6 is 0 Å². The molecule has 0 bridgehead atoms. The number of hydrogen-bond donors (Lipinski definition) is 2. The molecule has 0 aromatic heterocycles. The third kappa shape index (κ3) is 3.14. The van der Waals surface area contributed by atoms with Crippen LogP contribution in [0.25, 0.3) is 11.1 Å². The van der Waals surface area contributed by atoms with Crippen molar-refractivity contribution in [2.75, 3.05) is 14.2 Å². The number of hydrogen-bond acceptors (Lipinski definition) is 5. The third-order valence-corrected chi connectivity index (χ3v) is 6.06. The molecule has 158 valence electrons. The van der Waals surface area contributed by atoms with E-state index in [-0.39, 0.29) is 5.91 Å². The first-order chi connectivity index (χ1) is 14.4. The molecule has 2 aromatic carbocycles. The number of carboxylic acid groups (broad SMARTS) is 1. The zero-order chi connectivity index (χ0) is 21.5. The smallest absolute Gasteiger partial charge is 0.313 e. The summed E-state index contributed by atoms with van der Waals surface area (Å²) in [5, 5.41) is 12.6. The van der Waals surface area contributed by atoms with Crippen molar-refractivity contribution in [3.63, 3.8) is 0 Å². The van der Waals surface area contributed by atoms with Gasteiger partial charge in [0.15, 0.2) is 11.5 Å². The van der Waals surface area contributed by atoms with Gasteiger partial charge in [0.1, 0.15) is 11.5 Å². The lowest BCUT2D eigenvalue weighted by Crippen LogP contribution is -2.34. The van der Waals surface area contributed by atoms with Crippen LogP contribution in [0.15, 0.2) is 30.3 Å². The molecule has 4 rings (SSSR count). The fourth-order valence-corrected chi connectivity index (χ4v) is 4.18. The van der Waals surface area contributed by atoms with E-state index in [0.29, 0.717) is 48.6 Å². The average Bonchev–Trinajstić information content (AvgIpc) is 3.49. The highest BCUT2D eigenvalue weighted by Gasteiger charge is 2.57. The predicted molar refractivity (Wildman–Crippen MR) is 110 cm³/mol. The van der Waals surface area contributed by atoms with Crippen LogP contribution in [0, 0.1) is 5.41 Å². The molecule has 1 heterocycles. The molecule has 30 heavy (non-hydrogen) atoms. The van der Waals surface area contributed by atoms with E-state index in [4.69, 9.17) is 14.2 Å². The molecule has 1 atom stereocenters. The number of ether oxygens (including phenoxy) is 3. The summed E-state index contributed by atoms with van der Waals surface area (Å²) in [6.45, 7) is 2.40. The molecule has 0 spiro atoms. The van der Waals surface area contributed by atoms with Crippen molar-refractivity contribution in [2.45, 2.75) is 38.8 Å². The normalized spacial score (nSPS) is 17.0. The van der Waals surface area contributed by atoms with Gasteiger partial charge in [0, 0.05) is 17.7 Å². The van der Waals surface area contributed by atoms with E-state index in [9.17, 15) is 14.7 Å². The van der Waals surface area contributed by atoms with Gasteiger partial charge in [-0.05, 0) is 54.7 Å². The molecule has 2 N–H and O–H groups in total. The van der Waals surface area contributed by atoms with Crippen LogP contribution in [0.3, 0.4) is 0 Å². The fraction of sp³-hybridized carbons (Fsp3) is 0.391. The summed E-state index contributed by atoms with van der Waals surface area (Å²) in [4.78, 5) is 23.8. The van der Waals surface area contributed by atoms with Crippen molar-refractivity contribution in [3.8, 4) is 28.4 Å². The first-order valence-corrected chi connectivity index (χ1v) is 10.0. The van der Waals surface area contributed by atoms with Crippen LogP contribution in [0.2, 0.25) is 0 Å². The summed E-state index contributed by atoms with van der Waals surface area (Å²) < 4.78 is 17.4. The maximum atomic E-state index is 11.9. The zero-order valence-electron chi connectivity index (χ0n) is 17.3. The number of benzene rings is 2. The monoisotopic (exact) mass is 411 g/mol. The second-order valence-electron chi connectivity index (χ2n) is 7.71. The summed E-state index contributed by atoms with van der Waals surface area (Å²) in [5.41, 5.74) is 2.32. The summed E-state index contributed by atoms with van der Waals surface area (Å²) in [5.74, 6) is 0.463. The number of amides is 1. The molecule has 1 aliphatic heterocycles. The number of carbonyl (C=O) groups excluding carboxylic acids is 1. The molecule has 1 amide bonds. The minimum atomic E-state index is -0.867. The average molecular weight is 411 g/mol. The lowest BCUT2D eigenvalue weighted by atomic mass is 9.96. The van der Waals surface area contributed by atoms with Crippen LogP contribution in [0.5, 0.6) is 17.2 Å². The van der Waals surface area contributed by atoms with E-state index in [0.717, 1.165) is 16.7 Å². The summed E-state index contributed by atoms with van der Waals surface area (Å²) in [6, 6.07) is 9.28. The Balaban J connectivity index is 1.82. The Kier molecular flexibility index (Phi) is 5.05. The van der Waals surface area contributed by atoms with Crippen molar-refractivity contribution in [2.24, 2.45) is 5.41 Å². The van der Waals surface area contributed by atoms with Gasteiger partial charge in [0.2, 0.25) is 5.75 Å². The number of aliphatic carboxylic acids is 1. The van der Waals surface area contributed by atoms with Gasteiger partial charge in [-0.1, -0.05) is 13.0 Å². The van der Waals surface area contributed by atoms with Crippen LogP contribution in [0.1, 0.15) is 42.1 Å². The summed E-state index contributed by atoms with van der Waals surface area (Å²) in [7, 11) is 3.08. The molecule has 1 aliphatic carbocycles. The van der Waals surface area contributed by atoms with Gasteiger partial charge in [-0.2, -0.15) is 0 Å². The lowest BCUT2D eigenvalue weighted by molar-refractivity contribution is -0.147. The SMILES string of the molecule is CCC(Oc1c(-c2ccc3c(c2)CNC3=O)ccc(OC)c1OC)C1(C(=O)O)CC1. The highest BCUT2D eigenvalue weighted by Crippen LogP contribution is 2.53. The number of fused-ring (bicyclic) bond motifs is 1. The van der Waals surface area contributed by atoms with Crippen molar-refractivity contribution in [1.29, 1.82) is 0 Å². The maximum absolute atomic E-state index is 11.9. The van der Waals surface area contributed by atoms with Crippen molar-refractivity contribution in [1.82, 2.24) is 5.32 Å². The summed E-state index contributed by atoms with van der Waals surface area (Å²) >= 11 is 0. The Morgan fingerprint density at radius 2 is 1.87 bits per heavy atom. The van der Waals surface area contributed by atoms with Crippen molar-refractivity contribution < 1.29 is 28.9 Å². The summed E-state index contributed by atoms with van der Waals surface area (Å²) in [6.07, 6.45) is 1.24. The Labute approximate surface area is 174 Å². The predicted octanol–water partition coefficient (Wildman–Crippen LogP) is 3.64. The van der Waals surface area contributed by atoms with Gasteiger partial charge in [-0.25, -0.2) is 0 Å². The number of carbonyl (C=O) groups is 2. The van der Waals surface area contributed by atoms with Gasteiger partial charge in [0.25, 0.3) is 5.91 Å². The maximum Gasteiger partial charge on any atom is 0.313 e. The Bertz CT molecular complexity index is 1010. The van der Waals surface area contributed by atoms with E-state index >= 15 is 0 Å². The topological polar surface area (TPSA) is 94.1 Å². The number of nitrogens with one attached hydrogen (secondary N) is 1. The van der Waals surface area contributed by atoms with E-state index in [1.165, 1.54) is 7.11 Å². The van der Waals surface area contributed by atoms with Crippen LogP contribution in [-0.2, 0) is 11.3 Å². The second kappa shape index (κ2) is 7.55. The minimum absolute atomic E-state index is 0.0801. The van der Waals surface area contributed by atoms with Crippen LogP contribution < -0.4 is 19.5 Å². The van der Waals surface area contributed by atoms with Crippen molar-refractivity contribution >= 4 is 11.9 Å². The molecule has 0 saturated heterocycles. The Hall–Kier alpha value is -3.22. The van der Waals surface area contributed by atoms with Gasteiger partial charge in [-0.3, -0.25) is 9.59 Å². The van der Waals surface area contributed by atoms with Crippen LogP contribution in [0.4, 0.5) is 0 Å². The molecular formula is C23H25NO6. The second-order valence-corrected chi connectivity index (χ2v) is 7.71. The van der Waals surface area contributed by atoms with E-state index < -0.39 is 17.5 Å². The first-order valence-electron chi connectivity index (χ1n) is 10.0. The van der Waals surface area contributed by atoms with Gasteiger partial charge in [0.05, 0.1) is 14.2 Å². The van der Waals surface area contributed by atoms with Gasteiger partial charge < -0.3 is 24.6 Å². The van der Waals surface area contributed by atoms with E-state index in [1.54, 1.807) is 19.2 Å². The van der Waals surface area contributed by atoms with E-state index in [1.807, 2.05) is 25.1 Å². The number of carboxylic acids is 1. The lowest BCUT2D eigenvalue weighted by Gasteiger charge is -2.27. The fourth-order valence-electron chi connectivity index (χ4n) is 4.18. The molecule has 1 unspecified atom stereocenters. The zero-order valence-corrected chi connectivity index (χ0v) is 17.3. The quantitative estimate of drug-likeness (QED) is 0.689. The standard InChI is InChI=1S/C23H25NO6/c1-4-18(23(9-10-23)22(26)27)30-19-15(7-8-17(28-2)20(19)29-3)13-5-6-16-14(11-13)12-24-21(16)25/h5-8,11,18H,4,9-10,12H2,1-3H3,(H,24,25)(H,26,27). The molecular weight excluding hydrogens is 386 g/mol. The minimum Gasteiger partial charge on any atom is -0.493 e.